The minimum Gasteiger partial charge on any atom is -0.399 e. The average Bonchev–Trinajstić information content (AvgIpc) is 2.71. The van der Waals surface area contributed by atoms with Gasteiger partial charge in [0, 0.05) is 5.69 Å². The molecule has 0 aliphatic heterocycles. The van der Waals surface area contributed by atoms with Crippen molar-refractivity contribution in [2.75, 3.05) is 5.73 Å². The summed E-state index contributed by atoms with van der Waals surface area (Å²) in [6, 6.07) is 8.52. The van der Waals surface area contributed by atoms with Crippen LogP contribution in [0.5, 0.6) is 0 Å². The van der Waals surface area contributed by atoms with Crippen LogP contribution in [-0.4, -0.2) is 0 Å². The fraction of sp³-hybridized carbons (Fsp3) is 0.500. The Morgan fingerprint density at radius 3 is 2.54 bits per heavy atom. The molecule has 2 aliphatic carbocycles. The van der Waals surface area contributed by atoms with Gasteiger partial charge in [0.1, 0.15) is 0 Å². The number of nitrogen functional groups attached to an aromatic ring is 1. The van der Waals surface area contributed by atoms with E-state index in [1.807, 2.05) is 12.1 Å². The molecule has 1 aromatic rings. The fourth-order valence-corrected chi connectivity index (χ4v) is 3.04. The summed E-state index contributed by atoms with van der Waals surface area (Å²) in [6.07, 6.45) is 5.71. The highest BCUT2D eigenvalue weighted by atomic mass is 14.6. The molecule has 0 spiro atoms. The van der Waals surface area contributed by atoms with Crippen molar-refractivity contribution in [2.45, 2.75) is 31.1 Å². The van der Waals surface area contributed by atoms with E-state index in [0.717, 1.165) is 11.6 Å². The zero-order chi connectivity index (χ0) is 8.89. The number of benzene rings is 1. The van der Waals surface area contributed by atoms with Crippen LogP contribution >= 0.6 is 0 Å². The highest BCUT2D eigenvalue weighted by Crippen LogP contribution is 2.64. The standard InChI is InChI=1S/C12H15N/c13-11-5-3-9(4-6-11)12-7-1-2-10(12)8-12/h3-6,10H,1-2,7-8,13H2. The van der Waals surface area contributed by atoms with Gasteiger partial charge in [0.05, 0.1) is 0 Å². The molecule has 2 atom stereocenters. The lowest BCUT2D eigenvalue weighted by Gasteiger charge is -2.12. The van der Waals surface area contributed by atoms with Crippen molar-refractivity contribution >= 4 is 5.69 Å². The molecule has 0 heterocycles. The lowest BCUT2D eigenvalue weighted by Crippen LogP contribution is -2.04. The highest BCUT2D eigenvalue weighted by Gasteiger charge is 2.57. The largest absolute Gasteiger partial charge is 0.399 e. The SMILES string of the molecule is Nc1ccc(C23CCCC2C3)cc1. The first-order valence-corrected chi connectivity index (χ1v) is 5.17. The first-order valence-electron chi connectivity index (χ1n) is 5.17. The van der Waals surface area contributed by atoms with Gasteiger partial charge in [0.2, 0.25) is 0 Å². The Hall–Kier alpha value is -0.980. The topological polar surface area (TPSA) is 26.0 Å². The van der Waals surface area contributed by atoms with Gasteiger partial charge in [0.15, 0.2) is 0 Å². The Labute approximate surface area is 78.9 Å². The lowest BCUT2D eigenvalue weighted by atomic mass is 9.93. The molecule has 1 nitrogen and oxygen atoms in total. The van der Waals surface area contributed by atoms with Crippen LogP contribution in [0, 0.1) is 5.92 Å². The van der Waals surface area contributed by atoms with Crippen LogP contribution < -0.4 is 5.73 Å². The third-order valence-electron chi connectivity index (χ3n) is 3.89. The van der Waals surface area contributed by atoms with E-state index in [2.05, 4.69) is 12.1 Å². The molecule has 1 aromatic carbocycles. The normalized spacial score (nSPS) is 35.8. The Kier molecular flexibility index (Phi) is 1.30. The average molecular weight is 173 g/mol. The molecule has 0 radical (unpaired) electrons. The van der Waals surface area contributed by atoms with Gasteiger partial charge in [-0.15, -0.1) is 0 Å². The first kappa shape index (κ1) is 7.43. The van der Waals surface area contributed by atoms with Gasteiger partial charge in [-0.1, -0.05) is 18.6 Å². The Bertz CT molecular complexity index is 327. The summed E-state index contributed by atoms with van der Waals surface area (Å²) >= 11 is 0. The van der Waals surface area contributed by atoms with Gasteiger partial charge in [-0.05, 0) is 48.3 Å². The van der Waals surface area contributed by atoms with E-state index in [1.165, 1.54) is 31.2 Å². The van der Waals surface area contributed by atoms with E-state index in [1.54, 1.807) is 0 Å². The lowest BCUT2D eigenvalue weighted by molar-refractivity contribution is 0.657. The zero-order valence-electron chi connectivity index (χ0n) is 7.79. The monoisotopic (exact) mass is 173 g/mol. The van der Waals surface area contributed by atoms with Gasteiger partial charge in [0.25, 0.3) is 0 Å². The Balaban J connectivity index is 1.97. The van der Waals surface area contributed by atoms with E-state index in [9.17, 15) is 0 Å². The van der Waals surface area contributed by atoms with Crippen molar-refractivity contribution in [1.29, 1.82) is 0 Å². The summed E-state index contributed by atoms with van der Waals surface area (Å²) in [4.78, 5) is 0. The van der Waals surface area contributed by atoms with Crippen LogP contribution in [0.25, 0.3) is 0 Å². The van der Waals surface area contributed by atoms with Crippen LogP contribution in [0.1, 0.15) is 31.2 Å². The van der Waals surface area contributed by atoms with Crippen LogP contribution in [0.4, 0.5) is 5.69 Å². The predicted molar refractivity (Wildman–Crippen MR) is 54.5 cm³/mol. The van der Waals surface area contributed by atoms with Gasteiger partial charge in [-0.2, -0.15) is 0 Å². The van der Waals surface area contributed by atoms with Crippen molar-refractivity contribution in [3.8, 4) is 0 Å². The van der Waals surface area contributed by atoms with Gasteiger partial charge < -0.3 is 5.73 Å². The third-order valence-corrected chi connectivity index (χ3v) is 3.89. The minimum absolute atomic E-state index is 0.591. The molecule has 2 saturated carbocycles. The van der Waals surface area contributed by atoms with Gasteiger partial charge in [-0.25, -0.2) is 0 Å². The van der Waals surface area contributed by atoms with Crippen molar-refractivity contribution in [3.63, 3.8) is 0 Å². The van der Waals surface area contributed by atoms with Crippen molar-refractivity contribution in [1.82, 2.24) is 0 Å². The zero-order valence-corrected chi connectivity index (χ0v) is 7.79. The van der Waals surface area contributed by atoms with E-state index < -0.39 is 0 Å². The summed E-state index contributed by atoms with van der Waals surface area (Å²) in [5.74, 6) is 0.996. The second-order valence-corrected chi connectivity index (χ2v) is 4.57. The summed E-state index contributed by atoms with van der Waals surface area (Å²) in [5.41, 5.74) is 8.69. The maximum atomic E-state index is 5.68. The van der Waals surface area contributed by atoms with Crippen LogP contribution in [0.3, 0.4) is 0 Å². The second-order valence-electron chi connectivity index (χ2n) is 4.57. The molecule has 0 aromatic heterocycles. The van der Waals surface area contributed by atoms with Crippen LogP contribution in [-0.2, 0) is 5.41 Å². The molecular weight excluding hydrogens is 158 g/mol. The van der Waals surface area contributed by atoms with E-state index in [4.69, 9.17) is 5.73 Å². The molecule has 13 heavy (non-hydrogen) atoms. The number of anilines is 1. The molecule has 3 rings (SSSR count). The number of hydrogen-bond acceptors (Lipinski definition) is 1. The third kappa shape index (κ3) is 0.932. The van der Waals surface area contributed by atoms with E-state index in [0.29, 0.717) is 5.41 Å². The van der Waals surface area contributed by atoms with Crippen molar-refractivity contribution in [2.24, 2.45) is 5.92 Å². The van der Waals surface area contributed by atoms with Crippen LogP contribution in [0.2, 0.25) is 0 Å². The summed E-state index contributed by atoms with van der Waals surface area (Å²) in [7, 11) is 0. The Morgan fingerprint density at radius 1 is 1.23 bits per heavy atom. The first-order chi connectivity index (χ1) is 6.31. The quantitative estimate of drug-likeness (QED) is 0.649. The molecular formula is C12H15N. The summed E-state index contributed by atoms with van der Waals surface area (Å²) in [5, 5.41) is 0. The molecule has 2 fully saturated rings. The Morgan fingerprint density at radius 2 is 2.00 bits per heavy atom. The van der Waals surface area contributed by atoms with Crippen molar-refractivity contribution in [3.05, 3.63) is 29.8 Å². The summed E-state index contributed by atoms with van der Waals surface area (Å²) in [6.45, 7) is 0. The molecule has 0 saturated heterocycles. The number of rotatable bonds is 1. The number of nitrogens with two attached hydrogens (primary N) is 1. The van der Waals surface area contributed by atoms with E-state index >= 15 is 0 Å². The predicted octanol–water partition coefficient (Wildman–Crippen LogP) is 2.71. The number of hydrogen-bond donors (Lipinski definition) is 1. The molecule has 2 N–H and O–H groups in total. The number of fused-ring (bicyclic) bond motifs is 1. The molecule has 0 amide bonds. The molecule has 68 valence electrons. The molecule has 2 unspecified atom stereocenters. The maximum Gasteiger partial charge on any atom is 0.0314 e. The highest BCUT2D eigenvalue weighted by molar-refractivity contribution is 5.44. The maximum absolute atomic E-state index is 5.68. The molecule has 1 heteroatoms. The van der Waals surface area contributed by atoms with Gasteiger partial charge in [-0.3, -0.25) is 0 Å². The minimum atomic E-state index is 0.591. The van der Waals surface area contributed by atoms with Crippen LogP contribution in [0.15, 0.2) is 24.3 Å². The molecule has 2 aliphatic rings. The van der Waals surface area contributed by atoms with Gasteiger partial charge >= 0.3 is 0 Å². The van der Waals surface area contributed by atoms with E-state index in [-0.39, 0.29) is 0 Å². The fourth-order valence-electron chi connectivity index (χ4n) is 3.04. The summed E-state index contributed by atoms with van der Waals surface area (Å²) < 4.78 is 0. The smallest absolute Gasteiger partial charge is 0.0314 e. The molecule has 0 bridgehead atoms. The second kappa shape index (κ2) is 2.28. The van der Waals surface area contributed by atoms with Crippen molar-refractivity contribution < 1.29 is 0 Å².